The zero-order valence-corrected chi connectivity index (χ0v) is 19.8. The van der Waals surface area contributed by atoms with E-state index in [4.69, 9.17) is 0 Å². The third-order valence-corrected chi connectivity index (χ3v) is 9.35. The summed E-state index contributed by atoms with van der Waals surface area (Å²) in [6, 6.07) is 5.32. The molecule has 0 saturated heterocycles. The molecule has 1 amide bonds. The minimum absolute atomic E-state index is 0.0483. The van der Waals surface area contributed by atoms with Gasteiger partial charge in [0.1, 0.15) is 15.9 Å². The summed E-state index contributed by atoms with van der Waals surface area (Å²) in [6.45, 7) is 4.92. The number of nitrogens with one attached hydrogen (secondary N) is 2. The van der Waals surface area contributed by atoms with Crippen molar-refractivity contribution in [3.8, 4) is 0 Å². The summed E-state index contributed by atoms with van der Waals surface area (Å²) in [6.07, 6.45) is 6.88. The summed E-state index contributed by atoms with van der Waals surface area (Å²) in [5.74, 6) is 1.68. The van der Waals surface area contributed by atoms with Crippen molar-refractivity contribution in [2.75, 3.05) is 6.54 Å². The SMILES string of the molecule is C[C@H]1[C@H](C)CCC[C@H]1NC(=O)C1CCC(CNS(=O)(=O)c2cccc3nsnc23)CC1. The summed E-state index contributed by atoms with van der Waals surface area (Å²) < 4.78 is 36.6. The van der Waals surface area contributed by atoms with E-state index in [1.54, 1.807) is 18.2 Å². The zero-order chi connectivity index (χ0) is 22.0. The van der Waals surface area contributed by atoms with Gasteiger partial charge in [0.25, 0.3) is 0 Å². The van der Waals surface area contributed by atoms with Gasteiger partial charge in [-0.2, -0.15) is 8.75 Å². The Labute approximate surface area is 188 Å². The van der Waals surface area contributed by atoms with Crippen LogP contribution in [0.4, 0.5) is 0 Å². The second-order valence-corrected chi connectivity index (χ2v) is 11.6. The zero-order valence-electron chi connectivity index (χ0n) is 18.2. The molecule has 0 bridgehead atoms. The first-order valence-electron chi connectivity index (χ1n) is 11.4. The fraction of sp³-hybridized carbons (Fsp3) is 0.682. The smallest absolute Gasteiger partial charge is 0.242 e. The van der Waals surface area contributed by atoms with Crippen molar-refractivity contribution in [2.45, 2.75) is 69.7 Å². The van der Waals surface area contributed by atoms with E-state index in [1.165, 1.54) is 12.8 Å². The number of rotatable bonds is 6. The Hall–Kier alpha value is -1.58. The van der Waals surface area contributed by atoms with Gasteiger partial charge in [-0.1, -0.05) is 32.8 Å². The van der Waals surface area contributed by atoms with E-state index in [-0.39, 0.29) is 22.6 Å². The molecule has 2 aliphatic carbocycles. The molecule has 4 rings (SSSR count). The Morgan fingerprint density at radius 2 is 1.87 bits per heavy atom. The van der Waals surface area contributed by atoms with E-state index < -0.39 is 10.0 Å². The normalized spacial score (nSPS) is 29.7. The highest BCUT2D eigenvalue weighted by Gasteiger charge is 2.32. The third kappa shape index (κ3) is 5.09. The maximum Gasteiger partial charge on any atom is 0.242 e. The summed E-state index contributed by atoms with van der Waals surface area (Å²) in [5, 5.41) is 3.31. The molecule has 1 aromatic carbocycles. The molecule has 0 aliphatic heterocycles. The predicted octanol–water partition coefficient (Wildman–Crippen LogP) is 3.72. The molecule has 2 aromatic rings. The van der Waals surface area contributed by atoms with Crippen LogP contribution in [0, 0.1) is 23.7 Å². The number of nitrogens with zero attached hydrogens (tertiary/aromatic N) is 2. The molecule has 9 heteroatoms. The Morgan fingerprint density at radius 1 is 1.10 bits per heavy atom. The van der Waals surface area contributed by atoms with Crippen molar-refractivity contribution in [2.24, 2.45) is 23.7 Å². The van der Waals surface area contributed by atoms with Gasteiger partial charge in [0, 0.05) is 18.5 Å². The topological polar surface area (TPSA) is 101 Å². The van der Waals surface area contributed by atoms with Gasteiger partial charge < -0.3 is 5.32 Å². The van der Waals surface area contributed by atoms with Crippen LogP contribution in [0.15, 0.2) is 23.1 Å². The maximum absolute atomic E-state index is 12.8. The molecule has 2 saturated carbocycles. The number of hydrogen-bond donors (Lipinski definition) is 2. The van der Waals surface area contributed by atoms with Crippen LogP contribution in [0.5, 0.6) is 0 Å². The fourth-order valence-electron chi connectivity index (χ4n) is 5.02. The van der Waals surface area contributed by atoms with E-state index in [0.717, 1.165) is 43.8 Å². The van der Waals surface area contributed by atoms with Crippen molar-refractivity contribution in [3.63, 3.8) is 0 Å². The van der Waals surface area contributed by atoms with E-state index in [9.17, 15) is 13.2 Å². The molecule has 2 aliphatic rings. The molecule has 1 aromatic heterocycles. The number of hydrogen-bond acceptors (Lipinski definition) is 6. The van der Waals surface area contributed by atoms with E-state index in [0.29, 0.717) is 35.5 Å². The lowest BCUT2D eigenvalue weighted by Crippen LogP contribution is -2.46. The third-order valence-electron chi connectivity index (χ3n) is 7.35. The number of aromatic nitrogens is 2. The molecule has 0 unspecified atom stereocenters. The number of sulfonamides is 1. The molecule has 1 heterocycles. The highest BCUT2D eigenvalue weighted by molar-refractivity contribution is 7.89. The van der Waals surface area contributed by atoms with E-state index >= 15 is 0 Å². The lowest BCUT2D eigenvalue weighted by Gasteiger charge is -2.36. The monoisotopic (exact) mass is 464 g/mol. The van der Waals surface area contributed by atoms with Gasteiger partial charge in [-0.05, 0) is 62.0 Å². The van der Waals surface area contributed by atoms with Crippen LogP contribution in [-0.4, -0.2) is 35.7 Å². The second kappa shape index (κ2) is 9.50. The first-order valence-corrected chi connectivity index (χ1v) is 13.6. The van der Waals surface area contributed by atoms with Gasteiger partial charge in [-0.15, -0.1) is 0 Å². The quantitative estimate of drug-likeness (QED) is 0.679. The largest absolute Gasteiger partial charge is 0.353 e. The number of fused-ring (bicyclic) bond motifs is 1. The highest BCUT2D eigenvalue weighted by Crippen LogP contribution is 2.32. The first-order chi connectivity index (χ1) is 14.8. The van der Waals surface area contributed by atoms with Gasteiger partial charge in [0.2, 0.25) is 15.9 Å². The Balaban J connectivity index is 1.27. The predicted molar refractivity (Wildman–Crippen MR) is 122 cm³/mol. The van der Waals surface area contributed by atoms with Crippen molar-refractivity contribution < 1.29 is 13.2 Å². The first kappa shape index (κ1) is 22.6. The van der Waals surface area contributed by atoms with Gasteiger partial charge in [-0.25, -0.2) is 13.1 Å². The number of carbonyl (C=O) groups is 1. The molecule has 170 valence electrons. The van der Waals surface area contributed by atoms with Gasteiger partial charge >= 0.3 is 0 Å². The Kier molecular flexibility index (Phi) is 6.93. The lowest BCUT2D eigenvalue weighted by molar-refractivity contribution is -0.127. The molecule has 2 N–H and O–H groups in total. The standard InChI is InChI=1S/C22H32N4O3S2/c1-14-5-3-6-18(15(14)2)24-22(27)17-11-9-16(10-12-17)13-23-31(28,29)20-8-4-7-19-21(20)26-30-25-19/h4,7-8,14-18,23H,3,5-6,9-13H2,1-2H3,(H,24,27)/t14-,15+,16?,17?,18-/m1/s1. The van der Waals surface area contributed by atoms with Crippen LogP contribution < -0.4 is 10.0 Å². The number of amides is 1. The highest BCUT2D eigenvalue weighted by atomic mass is 32.2. The summed E-state index contributed by atoms with van der Waals surface area (Å²) in [5.41, 5.74) is 1.02. The summed E-state index contributed by atoms with van der Waals surface area (Å²) in [7, 11) is -3.64. The van der Waals surface area contributed by atoms with Crippen molar-refractivity contribution in [1.29, 1.82) is 0 Å². The Morgan fingerprint density at radius 3 is 2.65 bits per heavy atom. The minimum Gasteiger partial charge on any atom is -0.353 e. The molecule has 0 radical (unpaired) electrons. The molecule has 2 fully saturated rings. The molecule has 7 nitrogen and oxygen atoms in total. The molecular weight excluding hydrogens is 432 g/mol. The second-order valence-electron chi connectivity index (χ2n) is 9.34. The maximum atomic E-state index is 12.8. The molecule has 31 heavy (non-hydrogen) atoms. The van der Waals surface area contributed by atoms with Crippen LogP contribution >= 0.6 is 11.7 Å². The van der Waals surface area contributed by atoms with Crippen molar-refractivity contribution in [3.05, 3.63) is 18.2 Å². The molecular formula is C22H32N4O3S2. The van der Waals surface area contributed by atoms with Crippen LogP contribution in [-0.2, 0) is 14.8 Å². The van der Waals surface area contributed by atoms with E-state index in [1.807, 2.05) is 0 Å². The van der Waals surface area contributed by atoms with Gasteiger partial charge in [0.05, 0.1) is 11.7 Å². The van der Waals surface area contributed by atoms with E-state index in [2.05, 4.69) is 32.6 Å². The summed E-state index contributed by atoms with van der Waals surface area (Å²) >= 11 is 1.01. The van der Waals surface area contributed by atoms with Gasteiger partial charge in [-0.3, -0.25) is 4.79 Å². The average Bonchev–Trinajstić information content (AvgIpc) is 3.25. The fourth-order valence-corrected chi connectivity index (χ4v) is 6.90. The van der Waals surface area contributed by atoms with Crippen molar-refractivity contribution >= 4 is 38.7 Å². The van der Waals surface area contributed by atoms with Crippen LogP contribution in [0.1, 0.15) is 58.8 Å². The molecule has 3 atom stereocenters. The van der Waals surface area contributed by atoms with Crippen LogP contribution in [0.3, 0.4) is 0 Å². The Bertz CT molecular complexity index is 1010. The van der Waals surface area contributed by atoms with Gasteiger partial charge in [0.15, 0.2) is 0 Å². The number of benzene rings is 1. The van der Waals surface area contributed by atoms with Crippen LogP contribution in [0.25, 0.3) is 11.0 Å². The minimum atomic E-state index is -3.64. The lowest BCUT2D eigenvalue weighted by atomic mass is 9.77. The number of carbonyl (C=O) groups excluding carboxylic acids is 1. The molecule has 0 spiro atoms. The van der Waals surface area contributed by atoms with Crippen LogP contribution in [0.2, 0.25) is 0 Å². The summed E-state index contributed by atoms with van der Waals surface area (Å²) in [4.78, 5) is 13.0. The average molecular weight is 465 g/mol. The van der Waals surface area contributed by atoms with Crippen molar-refractivity contribution in [1.82, 2.24) is 18.8 Å².